The summed E-state index contributed by atoms with van der Waals surface area (Å²) in [5.74, 6) is -0.380. The molecule has 3 saturated carbocycles. The van der Waals surface area contributed by atoms with E-state index < -0.39 is 17.7 Å². The average Bonchev–Trinajstić information content (AvgIpc) is 3.39. The minimum Gasteiger partial charge on any atom is -0.387 e. The van der Waals surface area contributed by atoms with Crippen molar-refractivity contribution in [2.75, 3.05) is 18.4 Å². The van der Waals surface area contributed by atoms with Gasteiger partial charge in [-0.2, -0.15) is 10.4 Å². The van der Waals surface area contributed by atoms with Gasteiger partial charge >= 0.3 is 0 Å². The van der Waals surface area contributed by atoms with Crippen molar-refractivity contribution in [1.82, 2.24) is 25.2 Å². The van der Waals surface area contributed by atoms with Crippen LogP contribution in [0.25, 0.3) is 16.9 Å². The molecule has 3 aromatic heterocycles. The van der Waals surface area contributed by atoms with E-state index in [4.69, 9.17) is 0 Å². The number of alkyl halides is 1. The summed E-state index contributed by atoms with van der Waals surface area (Å²) < 4.78 is 16.1. The lowest BCUT2D eigenvalue weighted by atomic mass is 9.56. The molecule has 2 bridgehead atoms. The van der Waals surface area contributed by atoms with Gasteiger partial charge in [0.2, 0.25) is 5.91 Å². The molecule has 0 spiro atoms. The number of pyridine rings is 1. The van der Waals surface area contributed by atoms with Crippen molar-refractivity contribution in [3.8, 4) is 17.5 Å². The molecule has 0 aromatic carbocycles. The Labute approximate surface area is 238 Å². The van der Waals surface area contributed by atoms with Crippen LogP contribution in [0.15, 0.2) is 36.7 Å². The summed E-state index contributed by atoms with van der Waals surface area (Å²) in [6, 6.07) is 9.32. The smallest absolute Gasteiger partial charge is 0.255 e. The molecule has 3 heterocycles. The Hall–Kier alpha value is -4.04. The zero-order valence-corrected chi connectivity index (χ0v) is 23.6. The van der Waals surface area contributed by atoms with Crippen molar-refractivity contribution < 1.29 is 19.1 Å². The summed E-state index contributed by atoms with van der Waals surface area (Å²) in [7, 11) is 0. The third kappa shape index (κ3) is 5.48. The summed E-state index contributed by atoms with van der Waals surface area (Å²) >= 11 is 0. The van der Waals surface area contributed by atoms with E-state index in [1.165, 1.54) is 26.2 Å². The van der Waals surface area contributed by atoms with Crippen LogP contribution >= 0.6 is 0 Å². The number of carbonyl (C=O) groups excluding carboxylic acids is 2. The predicted molar refractivity (Wildman–Crippen MR) is 152 cm³/mol. The molecule has 3 fully saturated rings. The normalized spacial score (nSPS) is 22.6. The molecule has 3 aliphatic carbocycles. The molecule has 216 valence electrons. The molecule has 6 rings (SSSR count). The van der Waals surface area contributed by atoms with Gasteiger partial charge in [0.05, 0.1) is 52.1 Å². The number of hydrogen-bond donors (Lipinski definition) is 4. The largest absolute Gasteiger partial charge is 0.387 e. The fourth-order valence-electron chi connectivity index (χ4n) is 6.01. The number of rotatable bonds is 9. The van der Waals surface area contributed by atoms with E-state index in [0.717, 1.165) is 44.0 Å². The van der Waals surface area contributed by atoms with Gasteiger partial charge in [0.15, 0.2) is 0 Å². The second kappa shape index (κ2) is 10.7. The fourth-order valence-corrected chi connectivity index (χ4v) is 6.01. The number of aliphatic hydroxyl groups is 1. The van der Waals surface area contributed by atoms with Crippen molar-refractivity contribution in [2.24, 2.45) is 5.41 Å². The molecular weight excluding hydrogens is 525 g/mol. The van der Waals surface area contributed by atoms with E-state index in [9.17, 15) is 24.3 Å². The van der Waals surface area contributed by atoms with Crippen LogP contribution in [-0.2, 0) is 4.79 Å². The first-order valence-corrected chi connectivity index (χ1v) is 14.1. The quantitative estimate of drug-likeness (QED) is 0.311. The van der Waals surface area contributed by atoms with Crippen molar-refractivity contribution in [1.29, 1.82) is 5.26 Å². The number of hydrogen-bond acceptors (Lipinski definition) is 7. The standard InChI is InChI=1S/C30H36FN7O3/c1-4-33-27(40)29-7-10-30(11-8-29,12-9-29)37-22-14-23(24-6-5-20-13-19(15-32)16-36-38(20)24)34-17-21(22)26(39)35-18-25(31)28(2,3)41/h5-6,13-14,16-17,25,41H,4,7-12,18H2,1-3H3,(H,33,40)(H,34,37)(H,35,39). The van der Waals surface area contributed by atoms with Crippen LogP contribution in [-0.4, -0.2) is 61.9 Å². The maximum atomic E-state index is 14.4. The van der Waals surface area contributed by atoms with Crippen LogP contribution in [0.1, 0.15) is 75.2 Å². The number of anilines is 1. The van der Waals surface area contributed by atoms with E-state index >= 15 is 0 Å². The third-order valence-corrected chi connectivity index (χ3v) is 8.71. The highest BCUT2D eigenvalue weighted by molar-refractivity contribution is 6.00. The first-order chi connectivity index (χ1) is 19.5. The van der Waals surface area contributed by atoms with Crippen molar-refractivity contribution in [2.45, 2.75) is 76.6 Å². The van der Waals surface area contributed by atoms with Gasteiger partial charge in [-0.1, -0.05) is 0 Å². The molecule has 11 heteroatoms. The van der Waals surface area contributed by atoms with Crippen LogP contribution in [0, 0.1) is 16.7 Å². The number of nitrogens with one attached hydrogen (secondary N) is 3. The van der Waals surface area contributed by atoms with Crippen LogP contribution in [0.2, 0.25) is 0 Å². The molecule has 0 saturated heterocycles. The van der Waals surface area contributed by atoms with E-state index in [1.54, 1.807) is 16.6 Å². The second-order valence-corrected chi connectivity index (χ2v) is 11.9. The lowest BCUT2D eigenvalue weighted by Crippen LogP contribution is -2.56. The molecule has 0 radical (unpaired) electrons. The molecule has 3 aromatic rings. The van der Waals surface area contributed by atoms with Crippen LogP contribution in [0.3, 0.4) is 0 Å². The molecule has 1 unspecified atom stereocenters. The third-order valence-electron chi connectivity index (χ3n) is 8.71. The maximum absolute atomic E-state index is 14.4. The Kier molecular flexibility index (Phi) is 7.46. The zero-order valence-electron chi connectivity index (χ0n) is 23.6. The number of carbonyl (C=O) groups is 2. The summed E-state index contributed by atoms with van der Waals surface area (Å²) in [4.78, 5) is 30.7. The van der Waals surface area contributed by atoms with Gasteiger partial charge in [0.25, 0.3) is 5.91 Å². The number of nitriles is 1. The van der Waals surface area contributed by atoms with Gasteiger partial charge in [-0.05, 0) is 83.6 Å². The molecule has 1 atom stereocenters. The van der Waals surface area contributed by atoms with Gasteiger partial charge in [-0.25, -0.2) is 8.91 Å². The first kappa shape index (κ1) is 28.5. The zero-order chi connectivity index (χ0) is 29.4. The Bertz CT molecular complexity index is 1500. The molecular formula is C30H36FN7O3. The van der Waals surface area contributed by atoms with Crippen molar-refractivity contribution >= 4 is 23.0 Å². The van der Waals surface area contributed by atoms with Gasteiger partial charge in [-0.15, -0.1) is 0 Å². The summed E-state index contributed by atoms with van der Waals surface area (Å²) in [6.45, 7) is 4.90. The first-order valence-electron chi connectivity index (χ1n) is 14.1. The minimum absolute atomic E-state index is 0.124. The molecule has 0 aliphatic heterocycles. The number of aromatic nitrogens is 3. The molecule has 3 aliphatic rings. The Morgan fingerprint density at radius 1 is 1.15 bits per heavy atom. The topological polar surface area (TPSA) is 144 Å². The minimum atomic E-state index is -1.65. The Morgan fingerprint density at radius 3 is 2.49 bits per heavy atom. The van der Waals surface area contributed by atoms with Gasteiger partial charge in [0, 0.05) is 23.7 Å². The van der Waals surface area contributed by atoms with Crippen LogP contribution in [0.4, 0.5) is 10.1 Å². The number of fused-ring (bicyclic) bond motifs is 4. The molecule has 2 amide bonds. The lowest BCUT2D eigenvalue weighted by Gasteiger charge is -2.53. The highest BCUT2D eigenvalue weighted by atomic mass is 19.1. The van der Waals surface area contributed by atoms with Crippen LogP contribution < -0.4 is 16.0 Å². The number of nitrogens with zero attached hydrogens (tertiary/aromatic N) is 4. The van der Waals surface area contributed by atoms with Crippen molar-refractivity contribution in [3.63, 3.8) is 0 Å². The highest BCUT2D eigenvalue weighted by Gasteiger charge is 2.52. The monoisotopic (exact) mass is 561 g/mol. The fraction of sp³-hybridized carbons (Fsp3) is 0.500. The number of amides is 2. The van der Waals surface area contributed by atoms with Gasteiger partial charge in [0.1, 0.15) is 12.2 Å². The Morgan fingerprint density at radius 2 is 1.85 bits per heavy atom. The van der Waals surface area contributed by atoms with E-state index in [-0.39, 0.29) is 29.0 Å². The highest BCUT2D eigenvalue weighted by Crippen LogP contribution is 2.53. The molecule has 41 heavy (non-hydrogen) atoms. The van der Waals surface area contributed by atoms with E-state index in [2.05, 4.69) is 32.1 Å². The van der Waals surface area contributed by atoms with Crippen LogP contribution in [0.5, 0.6) is 0 Å². The molecule has 4 N–H and O–H groups in total. The van der Waals surface area contributed by atoms with E-state index in [1.807, 2.05) is 19.1 Å². The van der Waals surface area contributed by atoms with Gasteiger partial charge < -0.3 is 21.1 Å². The lowest BCUT2D eigenvalue weighted by molar-refractivity contribution is -0.137. The van der Waals surface area contributed by atoms with Crippen molar-refractivity contribution in [3.05, 3.63) is 47.8 Å². The second-order valence-electron chi connectivity index (χ2n) is 11.9. The average molecular weight is 562 g/mol. The summed E-state index contributed by atoms with van der Waals surface area (Å²) in [5.41, 5.74) is 1.03. The van der Waals surface area contributed by atoms with Gasteiger partial charge in [-0.3, -0.25) is 14.6 Å². The summed E-state index contributed by atoms with van der Waals surface area (Å²) in [6.07, 6.45) is 5.91. The Balaban J connectivity index is 1.46. The predicted octanol–water partition coefficient (Wildman–Crippen LogP) is 3.75. The molecule has 10 nitrogen and oxygen atoms in total. The SMILES string of the molecule is CCNC(=O)C12CCC(Nc3cc(-c4ccc5cc(C#N)cnn45)ncc3C(=O)NCC(F)C(C)(C)O)(CC1)CC2. The maximum Gasteiger partial charge on any atom is 0.255 e. The summed E-state index contributed by atoms with van der Waals surface area (Å²) in [5, 5.41) is 32.8. The number of halogens is 1. The van der Waals surface area contributed by atoms with E-state index in [0.29, 0.717) is 29.2 Å².